The molecular weight excluding hydrogens is 224 g/mol. The topological polar surface area (TPSA) is 62.7 Å². The van der Waals surface area contributed by atoms with Crippen LogP contribution in [0.15, 0.2) is 6.07 Å². The SMILES string of the molecule is N#CCc1cc(CN)c(C(F)F)nc1Cl. The molecule has 80 valence electrons. The van der Waals surface area contributed by atoms with Gasteiger partial charge in [0.15, 0.2) is 0 Å². The van der Waals surface area contributed by atoms with Crippen LogP contribution in [0.25, 0.3) is 0 Å². The number of rotatable bonds is 3. The predicted octanol–water partition coefficient (Wildman–Crippen LogP) is 2.20. The number of hydrogen-bond acceptors (Lipinski definition) is 3. The van der Waals surface area contributed by atoms with Gasteiger partial charge in [-0.05, 0) is 11.6 Å². The van der Waals surface area contributed by atoms with Crippen molar-refractivity contribution < 1.29 is 8.78 Å². The predicted molar refractivity (Wildman–Crippen MR) is 51.4 cm³/mol. The molecule has 1 heterocycles. The summed E-state index contributed by atoms with van der Waals surface area (Å²) < 4.78 is 24.9. The van der Waals surface area contributed by atoms with Crippen molar-refractivity contribution in [2.24, 2.45) is 5.73 Å². The standard InChI is InChI=1S/C9H8ClF2N3/c10-8-5(1-2-13)3-6(4-14)7(15-8)9(11)12/h3,9H,1,4,14H2. The average Bonchev–Trinajstić information content (AvgIpc) is 2.20. The van der Waals surface area contributed by atoms with Crippen LogP contribution in [0.4, 0.5) is 8.78 Å². The monoisotopic (exact) mass is 231 g/mol. The summed E-state index contributed by atoms with van der Waals surface area (Å²) in [6.45, 7) is -0.0533. The molecule has 0 unspecified atom stereocenters. The molecule has 15 heavy (non-hydrogen) atoms. The van der Waals surface area contributed by atoms with Gasteiger partial charge in [0.2, 0.25) is 0 Å². The Morgan fingerprint density at radius 1 is 1.53 bits per heavy atom. The molecule has 0 aliphatic heterocycles. The highest BCUT2D eigenvalue weighted by molar-refractivity contribution is 6.30. The fourth-order valence-electron chi connectivity index (χ4n) is 1.15. The Balaban J connectivity index is 3.24. The average molecular weight is 232 g/mol. The number of hydrogen-bond donors (Lipinski definition) is 1. The van der Waals surface area contributed by atoms with Crippen molar-refractivity contribution in [2.45, 2.75) is 19.4 Å². The summed E-state index contributed by atoms with van der Waals surface area (Å²) in [6.07, 6.45) is -2.68. The van der Waals surface area contributed by atoms with Gasteiger partial charge in [-0.15, -0.1) is 0 Å². The molecule has 0 aliphatic rings. The number of nitriles is 1. The third-order valence-electron chi connectivity index (χ3n) is 1.86. The molecule has 0 spiro atoms. The van der Waals surface area contributed by atoms with E-state index in [1.165, 1.54) is 6.07 Å². The number of nitrogens with two attached hydrogens (primary N) is 1. The molecule has 0 amide bonds. The van der Waals surface area contributed by atoms with E-state index in [1.807, 2.05) is 6.07 Å². The maximum atomic E-state index is 12.5. The van der Waals surface area contributed by atoms with Gasteiger partial charge in [-0.25, -0.2) is 13.8 Å². The van der Waals surface area contributed by atoms with Crippen molar-refractivity contribution in [2.75, 3.05) is 0 Å². The molecular formula is C9H8ClF2N3. The molecule has 2 N–H and O–H groups in total. The second-order valence-electron chi connectivity index (χ2n) is 2.82. The minimum Gasteiger partial charge on any atom is -0.326 e. The van der Waals surface area contributed by atoms with Crippen molar-refractivity contribution in [3.63, 3.8) is 0 Å². The lowest BCUT2D eigenvalue weighted by atomic mass is 10.1. The van der Waals surface area contributed by atoms with E-state index in [-0.39, 0.29) is 23.7 Å². The van der Waals surface area contributed by atoms with Gasteiger partial charge in [-0.2, -0.15) is 5.26 Å². The Kier molecular flexibility index (Phi) is 3.95. The van der Waals surface area contributed by atoms with Gasteiger partial charge in [0, 0.05) is 12.1 Å². The zero-order valence-corrected chi connectivity index (χ0v) is 8.43. The van der Waals surface area contributed by atoms with Crippen LogP contribution in [0, 0.1) is 11.3 Å². The first-order chi connectivity index (χ1) is 7.10. The van der Waals surface area contributed by atoms with E-state index < -0.39 is 12.1 Å². The van der Waals surface area contributed by atoms with E-state index in [1.54, 1.807) is 0 Å². The molecule has 0 saturated carbocycles. The quantitative estimate of drug-likeness (QED) is 0.811. The number of pyridine rings is 1. The molecule has 6 heteroatoms. The molecule has 0 aromatic carbocycles. The number of alkyl halides is 2. The van der Waals surface area contributed by atoms with Crippen LogP contribution in [-0.4, -0.2) is 4.98 Å². The number of aromatic nitrogens is 1. The molecule has 0 radical (unpaired) electrons. The van der Waals surface area contributed by atoms with Gasteiger partial charge in [0.05, 0.1) is 12.5 Å². The van der Waals surface area contributed by atoms with Crippen molar-refractivity contribution in [3.8, 4) is 6.07 Å². The maximum Gasteiger partial charge on any atom is 0.280 e. The Morgan fingerprint density at radius 2 is 2.20 bits per heavy atom. The summed E-state index contributed by atoms with van der Waals surface area (Å²) in [7, 11) is 0. The summed E-state index contributed by atoms with van der Waals surface area (Å²) in [5.41, 5.74) is 5.53. The zero-order valence-electron chi connectivity index (χ0n) is 7.67. The highest BCUT2D eigenvalue weighted by Gasteiger charge is 2.17. The number of nitrogens with zero attached hydrogens (tertiary/aromatic N) is 2. The molecule has 0 saturated heterocycles. The van der Waals surface area contributed by atoms with Crippen LogP contribution in [0.2, 0.25) is 5.15 Å². The van der Waals surface area contributed by atoms with Crippen LogP contribution >= 0.6 is 11.6 Å². The molecule has 0 fully saturated rings. The smallest absolute Gasteiger partial charge is 0.280 e. The summed E-state index contributed by atoms with van der Waals surface area (Å²) in [5.74, 6) is 0. The van der Waals surface area contributed by atoms with Crippen molar-refractivity contribution in [3.05, 3.63) is 28.0 Å². The van der Waals surface area contributed by atoms with E-state index in [0.29, 0.717) is 5.56 Å². The fourth-order valence-corrected chi connectivity index (χ4v) is 1.37. The Morgan fingerprint density at radius 3 is 2.67 bits per heavy atom. The van der Waals surface area contributed by atoms with E-state index in [9.17, 15) is 8.78 Å². The van der Waals surface area contributed by atoms with Gasteiger partial charge in [0.1, 0.15) is 10.8 Å². The minimum absolute atomic E-state index is 0.0301. The summed E-state index contributed by atoms with van der Waals surface area (Å²) in [4.78, 5) is 3.55. The van der Waals surface area contributed by atoms with Crippen LogP contribution in [0.3, 0.4) is 0 Å². The lowest BCUT2D eigenvalue weighted by Gasteiger charge is -2.08. The molecule has 1 rings (SSSR count). The van der Waals surface area contributed by atoms with Gasteiger partial charge in [-0.1, -0.05) is 11.6 Å². The molecule has 3 nitrogen and oxygen atoms in total. The lowest BCUT2D eigenvalue weighted by Crippen LogP contribution is -2.06. The van der Waals surface area contributed by atoms with Gasteiger partial charge in [-0.3, -0.25) is 0 Å². The third-order valence-corrected chi connectivity index (χ3v) is 2.18. The minimum atomic E-state index is -2.71. The van der Waals surface area contributed by atoms with Gasteiger partial charge < -0.3 is 5.73 Å². The first-order valence-corrected chi connectivity index (χ1v) is 4.51. The number of halogens is 3. The normalized spacial score (nSPS) is 10.4. The highest BCUT2D eigenvalue weighted by atomic mass is 35.5. The Hall–Kier alpha value is -1.25. The highest BCUT2D eigenvalue weighted by Crippen LogP contribution is 2.25. The molecule has 0 bridgehead atoms. The molecule has 0 aliphatic carbocycles. The first kappa shape index (κ1) is 11.8. The maximum absolute atomic E-state index is 12.5. The van der Waals surface area contributed by atoms with E-state index >= 15 is 0 Å². The fraction of sp³-hybridized carbons (Fsp3) is 0.333. The van der Waals surface area contributed by atoms with Crippen molar-refractivity contribution >= 4 is 11.6 Å². The van der Waals surface area contributed by atoms with Crippen molar-refractivity contribution in [1.82, 2.24) is 4.98 Å². The lowest BCUT2D eigenvalue weighted by molar-refractivity contribution is 0.145. The van der Waals surface area contributed by atoms with E-state index in [4.69, 9.17) is 22.6 Å². The molecule has 1 aromatic rings. The molecule has 1 aromatic heterocycles. The van der Waals surface area contributed by atoms with Crippen LogP contribution < -0.4 is 5.73 Å². The second kappa shape index (κ2) is 5.01. The Bertz CT molecular complexity index is 401. The zero-order chi connectivity index (χ0) is 11.4. The van der Waals surface area contributed by atoms with Crippen molar-refractivity contribution in [1.29, 1.82) is 5.26 Å². The van der Waals surface area contributed by atoms with E-state index in [2.05, 4.69) is 4.98 Å². The molecule has 0 atom stereocenters. The summed E-state index contributed by atoms with van der Waals surface area (Å²) in [5, 5.41) is 8.40. The largest absolute Gasteiger partial charge is 0.326 e. The van der Waals surface area contributed by atoms with Gasteiger partial charge >= 0.3 is 0 Å². The third kappa shape index (κ3) is 2.61. The van der Waals surface area contributed by atoms with E-state index in [0.717, 1.165) is 0 Å². The second-order valence-corrected chi connectivity index (χ2v) is 3.18. The van der Waals surface area contributed by atoms with Crippen LogP contribution in [0.5, 0.6) is 0 Å². The summed E-state index contributed by atoms with van der Waals surface area (Å²) >= 11 is 5.64. The first-order valence-electron chi connectivity index (χ1n) is 4.13. The van der Waals surface area contributed by atoms with Crippen LogP contribution in [0.1, 0.15) is 23.2 Å². The van der Waals surface area contributed by atoms with Gasteiger partial charge in [0.25, 0.3) is 6.43 Å². The van der Waals surface area contributed by atoms with Crippen LogP contribution in [-0.2, 0) is 13.0 Å². The Labute approximate surface area is 90.5 Å². The summed E-state index contributed by atoms with van der Waals surface area (Å²) in [6, 6.07) is 3.27.